The summed E-state index contributed by atoms with van der Waals surface area (Å²) in [6.45, 7) is 6.57. The SMILES string of the molecule is C=N/C=C(/F)C(=C)/C=C\NC. The lowest BCUT2D eigenvalue weighted by atomic mass is 10.3. The fourth-order valence-electron chi connectivity index (χ4n) is 0.427. The molecule has 0 saturated carbocycles. The van der Waals surface area contributed by atoms with Crippen molar-refractivity contribution in [3.05, 3.63) is 36.5 Å². The smallest absolute Gasteiger partial charge is 0.148 e. The highest BCUT2D eigenvalue weighted by atomic mass is 19.1. The van der Waals surface area contributed by atoms with Gasteiger partial charge >= 0.3 is 0 Å². The average molecular weight is 154 g/mol. The van der Waals surface area contributed by atoms with Gasteiger partial charge in [0, 0.05) is 12.6 Å². The number of halogens is 1. The van der Waals surface area contributed by atoms with E-state index in [2.05, 4.69) is 23.6 Å². The van der Waals surface area contributed by atoms with Crippen LogP contribution in [0.25, 0.3) is 0 Å². The van der Waals surface area contributed by atoms with E-state index in [0.29, 0.717) is 0 Å². The fraction of sp³-hybridized carbons (Fsp3) is 0.125. The van der Waals surface area contributed by atoms with E-state index in [1.165, 1.54) is 6.08 Å². The normalized spacial score (nSPS) is 11.6. The molecule has 2 nitrogen and oxygen atoms in total. The molecule has 3 heteroatoms. The molecule has 0 aromatic rings. The number of hydrogen-bond acceptors (Lipinski definition) is 2. The molecule has 0 heterocycles. The maximum atomic E-state index is 12.7. The third kappa shape index (κ3) is 4.08. The van der Waals surface area contributed by atoms with Gasteiger partial charge in [0.05, 0.1) is 6.20 Å². The van der Waals surface area contributed by atoms with Gasteiger partial charge in [0.25, 0.3) is 0 Å². The van der Waals surface area contributed by atoms with Gasteiger partial charge in [0.1, 0.15) is 5.83 Å². The van der Waals surface area contributed by atoms with Gasteiger partial charge in [-0.15, -0.1) is 0 Å². The molecule has 0 radical (unpaired) electrons. The Kier molecular flexibility index (Phi) is 4.73. The number of hydrogen-bond donors (Lipinski definition) is 1. The van der Waals surface area contributed by atoms with Crippen LogP contribution in [0, 0.1) is 0 Å². The minimum atomic E-state index is -0.480. The topological polar surface area (TPSA) is 24.4 Å². The largest absolute Gasteiger partial charge is 0.394 e. The minimum absolute atomic E-state index is 0.270. The molecule has 60 valence electrons. The summed E-state index contributed by atoms with van der Waals surface area (Å²) < 4.78 is 12.7. The molecule has 0 aliphatic carbocycles. The predicted octanol–water partition coefficient (Wildman–Crippen LogP) is 1.79. The van der Waals surface area contributed by atoms with E-state index >= 15 is 0 Å². The molecule has 0 rings (SSSR count). The molecule has 0 bridgehead atoms. The van der Waals surface area contributed by atoms with Crippen molar-refractivity contribution in [1.82, 2.24) is 5.32 Å². The van der Waals surface area contributed by atoms with Gasteiger partial charge in [-0.25, -0.2) is 4.39 Å². The zero-order valence-corrected chi connectivity index (χ0v) is 6.47. The van der Waals surface area contributed by atoms with Crippen LogP contribution in [0.1, 0.15) is 0 Å². The Labute approximate surface area is 65.8 Å². The van der Waals surface area contributed by atoms with Gasteiger partial charge in [0.2, 0.25) is 0 Å². The van der Waals surface area contributed by atoms with Gasteiger partial charge < -0.3 is 5.32 Å². The Balaban J connectivity index is 4.14. The summed E-state index contributed by atoms with van der Waals surface area (Å²) in [6, 6.07) is 0. The highest BCUT2D eigenvalue weighted by Crippen LogP contribution is 2.09. The second kappa shape index (κ2) is 5.41. The first-order valence-corrected chi connectivity index (χ1v) is 3.07. The highest BCUT2D eigenvalue weighted by molar-refractivity contribution is 5.34. The molecule has 0 fully saturated rings. The van der Waals surface area contributed by atoms with E-state index in [4.69, 9.17) is 0 Å². The molecule has 0 unspecified atom stereocenters. The summed E-state index contributed by atoms with van der Waals surface area (Å²) >= 11 is 0. The van der Waals surface area contributed by atoms with Gasteiger partial charge in [-0.3, -0.25) is 4.99 Å². The van der Waals surface area contributed by atoms with Crippen molar-refractivity contribution in [2.75, 3.05) is 7.05 Å². The van der Waals surface area contributed by atoms with Gasteiger partial charge in [-0.1, -0.05) is 6.58 Å². The number of allylic oxidation sites excluding steroid dienone is 3. The molecule has 0 atom stereocenters. The molecule has 0 spiro atoms. The summed E-state index contributed by atoms with van der Waals surface area (Å²) in [5.74, 6) is -0.480. The van der Waals surface area contributed by atoms with Crippen LogP contribution in [0.5, 0.6) is 0 Å². The highest BCUT2D eigenvalue weighted by Gasteiger charge is 1.94. The van der Waals surface area contributed by atoms with Crippen LogP contribution in [-0.2, 0) is 0 Å². The zero-order chi connectivity index (χ0) is 8.69. The number of nitrogens with zero attached hydrogens (tertiary/aromatic N) is 1. The van der Waals surface area contributed by atoms with Crippen molar-refractivity contribution in [3.63, 3.8) is 0 Å². The summed E-state index contributed by atoms with van der Waals surface area (Å²) in [4.78, 5) is 3.26. The Morgan fingerprint density at radius 3 is 2.73 bits per heavy atom. The first-order valence-electron chi connectivity index (χ1n) is 3.07. The third-order valence-corrected chi connectivity index (χ3v) is 0.963. The first-order chi connectivity index (χ1) is 5.22. The van der Waals surface area contributed by atoms with Crippen LogP contribution in [0.4, 0.5) is 4.39 Å². The maximum Gasteiger partial charge on any atom is 0.148 e. The van der Waals surface area contributed by atoms with Crippen molar-refractivity contribution in [1.29, 1.82) is 0 Å². The fourth-order valence-corrected chi connectivity index (χ4v) is 0.427. The second-order valence-electron chi connectivity index (χ2n) is 1.81. The Morgan fingerprint density at radius 1 is 1.64 bits per heavy atom. The number of rotatable bonds is 4. The second-order valence-corrected chi connectivity index (χ2v) is 1.81. The van der Waals surface area contributed by atoms with E-state index < -0.39 is 5.83 Å². The van der Waals surface area contributed by atoms with E-state index in [1.807, 2.05) is 0 Å². The van der Waals surface area contributed by atoms with Crippen molar-refractivity contribution in [2.24, 2.45) is 4.99 Å². The minimum Gasteiger partial charge on any atom is -0.394 e. The van der Waals surface area contributed by atoms with Gasteiger partial charge in [0.15, 0.2) is 0 Å². The van der Waals surface area contributed by atoms with E-state index in [1.54, 1.807) is 13.2 Å². The molecule has 1 N–H and O–H groups in total. The zero-order valence-electron chi connectivity index (χ0n) is 6.47. The molecule has 0 saturated heterocycles. The Bertz CT molecular complexity index is 204. The van der Waals surface area contributed by atoms with Gasteiger partial charge in [-0.05, 0) is 19.0 Å². The third-order valence-electron chi connectivity index (χ3n) is 0.963. The summed E-state index contributed by atoms with van der Waals surface area (Å²) in [7, 11) is 1.72. The van der Waals surface area contributed by atoms with E-state index in [0.717, 1.165) is 6.20 Å². The van der Waals surface area contributed by atoms with Crippen LogP contribution >= 0.6 is 0 Å². The van der Waals surface area contributed by atoms with E-state index in [9.17, 15) is 4.39 Å². The predicted molar refractivity (Wildman–Crippen MR) is 46.1 cm³/mol. The molecular weight excluding hydrogens is 143 g/mol. The lowest BCUT2D eigenvalue weighted by molar-refractivity contribution is 0.654. The van der Waals surface area contributed by atoms with Crippen molar-refractivity contribution in [3.8, 4) is 0 Å². The summed E-state index contributed by atoms with van der Waals surface area (Å²) in [5, 5.41) is 2.71. The molecule has 11 heavy (non-hydrogen) atoms. The van der Waals surface area contributed by atoms with Crippen molar-refractivity contribution in [2.45, 2.75) is 0 Å². The van der Waals surface area contributed by atoms with Crippen LogP contribution < -0.4 is 5.32 Å². The van der Waals surface area contributed by atoms with Gasteiger partial charge in [-0.2, -0.15) is 0 Å². The molecule has 0 aliphatic rings. The first kappa shape index (κ1) is 9.62. The number of aliphatic imine (C=N–C) groups is 1. The van der Waals surface area contributed by atoms with E-state index in [-0.39, 0.29) is 5.57 Å². The number of nitrogens with one attached hydrogen (secondary N) is 1. The Morgan fingerprint density at radius 2 is 2.27 bits per heavy atom. The monoisotopic (exact) mass is 154 g/mol. The molecule has 0 aromatic carbocycles. The molecular formula is C8H11FN2. The van der Waals surface area contributed by atoms with Crippen LogP contribution in [0.2, 0.25) is 0 Å². The summed E-state index contributed by atoms with van der Waals surface area (Å²) in [5.41, 5.74) is 0.270. The summed E-state index contributed by atoms with van der Waals surface area (Å²) in [6.07, 6.45) is 4.11. The van der Waals surface area contributed by atoms with Crippen molar-refractivity contribution < 1.29 is 4.39 Å². The molecule has 0 aromatic heterocycles. The van der Waals surface area contributed by atoms with Crippen LogP contribution in [0.3, 0.4) is 0 Å². The average Bonchev–Trinajstić information content (AvgIpc) is 2.00. The lowest BCUT2D eigenvalue weighted by Crippen LogP contribution is -1.91. The Hall–Kier alpha value is -1.38. The molecule has 0 aliphatic heterocycles. The lowest BCUT2D eigenvalue weighted by Gasteiger charge is -1.92. The quantitative estimate of drug-likeness (QED) is 0.484. The van der Waals surface area contributed by atoms with Crippen molar-refractivity contribution >= 4 is 6.72 Å². The standard InChI is InChI=1S/C8H11FN2/c1-7(4-5-10-2)8(9)6-11-3/h4-6,10H,1,3H2,2H3/b5-4-,8-6+. The molecule has 0 amide bonds. The maximum absolute atomic E-state index is 12.7. The van der Waals surface area contributed by atoms with Crippen LogP contribution in [-0.4, -0.2) is 13.8 Å². The van der Waals surface area contributed by atoms with Crippen LogP contribution in [0.15, 0.2) is 41.4 Å².